The number of halogens is 2. The van der Waals surface area contributed by atoms with Crippen LogP contribution in [0, 0.1) is 5.92 Å². The van der Waals surface area contributed by atoms with Gasteiger partial charge < -0.3 is 15.4 Å². The van der Waals surface area contributed by atoms with E-state index in [1.807, 2.05) is 32.9 Å². The summed E-state index contributed by atoms with van der Waals surface area (Å²) < 4.78 is 5.33. The molecule has 1 aliphatic rings. The zero-order valence-corrected chi connectivity index (χ0v) is 15.3. The average molecular weight is 359 g/mol. The van der Waals surface area contributed by atoms with Crippen molar-refractivity contribution in [3.8, 4) is 0 Å². The van der Waals surface area contributed by atoms with Crippen molar-refractivity contribution >= 4 is 29.3 Å². The minimum atomic E-state index is -0.483. The Balaban J connectivity index is 1.82. The summed E-state index contributed by atoms with van der Waals surface area (Å²) in [6.07, 6.45) is 1.93. The van der Waals surface area contributed by atoms with E-state index in [2.05, 4.69) is 10.6 Å². The number of nitrogens with one attached hydrogen (secondary N) is 2. The summed E-state index contributed by atoms with van der Waals surface area (Å²) in [5, 5.41) is 7.58. The van der Waals surface area contributed by atoms with E-state index >= 15 is 0 Å². The van der Waals surface area contributed by atoms with Gasteiger partial charge in [-0.3, -0.25) is 0 Å². The predicted molar refractivity (Wildman–Crippen MR) is 94.1 cm³/mol. The topological polar surface area (TPSA) is 50.4 Å². The van der Waals surface area contributed by atoms with Gasteiger partial charge in [-0.2, -0.15) is 0 Å². The van der Waals surface area contributed by atoms with Crippen LogP contribution in [0.1, 0.15) is 39.2 Å². The molecule has 1 aliphatic carbocycles. The molecule has 1 amide bonds. The Hall–Kier alpha value is -0.970. The SMILES string of the molecule is CC(C)(C)OC(=O)NC(CNCc1cc(Cl)cc(Cl)c1)C1CC1. The number of ether oxygens (including phenoxy) is 1. The van der Waals surface area contributed by atoms with Gasteiger partial charge in [-0.1, -0.05) is 23.2 Å². The highest BCUT2D eigenvalue weighted by Crippen LogP contribution is 2.32. The third-order valence-electron chi connectivity index (χ3n) is 3.51. The van der Waals surface area contributed by atoms with Crippen LogP contribution in [-0.2, 0) is 11.3 Å². The highest BCUT2D eigenvalue weighted by Gasteiger charge is 2.33. The number of benzene rings is 1. The lowest BCUT2D eigenvalue weighted by Gasteiger charge is -2.24. The second kappa shape index (κ2) is 7.73. The normalized spacial score (nSPS) is 16.0. The van der Waals surface area contributed by atoms with Gasteiger partial charge in [-0.25, -0.2) is 4.79 Å². The molecule has 1 fully saturated rings. The highest BCUT2D eigenvalue weighted by atomic mass is 35.5. The summed E-state index contributed by atoms with van der Waals surface area (Å²) in [7, 11) is 0. The second-order valence-electron chi connectivity index (χ2n) is 7.00. The molecule has 0 spiro atoms. The van der Waals surface area contributed by atoms with Crippen LogP contribution in [0.4, 0.5) is 4.79 Å². The molecule has 0 bridgehead atoms. The molecule has 23 heavy (non-hydrogen) atoms. The lowest BCUT2D eigenvalue weighted by atomic mass is 10.1. The van der Waals surface area contributed by atoms with Gasteiger partial charge in [-0.15, -0.1) is 0 Å². The van der Waals surface area contributed by atoms with Crippen molar-refractivity contribution in [2.45, 2.75) is 51.8 Å². The number of hydrogen-bond donors (Lipinski definition) is 2. The first-order valence-electron chi connectivity index (χ1n) is 7.88. The van der Waals surface area contributed by atoms with E-state index in [4.69, 9.17) is 27.9 Å². The molecule has 0 saturated heterocycles. The molecule has 128 valence electrons. The van der Waals surface area contributed by atoms with Gasteiger partial charge in [0.1, 0.15) is 5.60 Å². The molecule has 1 atom stereocenters. The first kappa shape index (κ1) is 18.4. The Bertz CT molecular complexity index is 534. The Morgan fingerprint density at radius 3 is 2.39 bits per heavy atom. The number of carbonyl (C=O) groups is 1. The molecule has 2 rings (SSSR count). The Morgan fingerprint density at radius 1 is 1.26 bits per heavy atom. The molecular formula is C17H24Cl2N2O2. The van der Waals surface area contributed by atoms with Crippen molar-refractivity contribution in [1.82, 2.24) is 10.6 Å². The Labute approximate surface area is 147 Å². The third kappa shape index (κ3) is 6.98. The van der Waals surface area contributed by atoms with Crippen LogP contribution >= 0.6 is 23.2 Å². The van der Waals surface area contributed by atoms with Gasteiger partial charge >= 0.3 is 6.09 Å². The zero-order valence-electron chi connectivity index (χ0n) is 13.8. The average Bonchev–Trinajstić information content (AvgIpc) is 3.18. The summed E-state index contributed by atoms with van der Waals surface area (Å²) in [5.74, 6) is 0.526. The van der Waals surface area contributed by atoms with E-state index in [-0.39, 0.29) is 12.1 Å². The van der Waals surface area contributed by atoms with Gasteiger partial charge in [0, 0.05) is 29.2 Å². The third-order valence-corrected chi connectivity index (χ3v) is 3.95. The van der Waals surface area contributed by atoms with Crippen LogP contribution < -0.4 is 10.6 Å². The van der Waals surface area contributed by atoms with Crippen molar-refractivity contribution in [3.05, 3.63) is 33.8 Å². The molecule has 0 aromatic heterocycles. The van der Waals surface area contributed by atoms with E-state index in [1.165, 1.54) is 0 Å². The molecule has 1 aromatic rings. The summed E-state index contributed by atoms with van der Waals surface area (Å²) in [6, 6.07) is 5.56. The number of rotatable bonds is 6. The monoisotopic (exact) mass is 358 g/mol. The van der Waals surface area contributed by atoms with E-state index in [1.54, 1.807) is 6.07 Å². The number of amides is 1. The van der Waals surface area contributed by atoms with Gasteiger partial charge in [0.25, 0.3) is 0 Å². The lowest BCUT2D eigenvalue weighted by Crippen LogP contribution is -2.45. The maximum absolute atomic E-state index is 11.9. The summed E-state index contributed by atoms with van der Waals surface area (Å²) in [6.45, 7) is 6.92. The molecule has 4 nitrogen and oxygen atoms in total. The van der Waals surface area contributed by atoms with E-state index in [0.29, 0.717) is 29.1 Å². The fourth-order valence-corrected chi connectivity index (χ4v) is 2.95. The van der Waals surface area contributed by atoms with Crippen LogP contribution in [-0.4, -0.2) is 24.3 Å². The zero-order chi connectivity index (χ0) is 17.0. The van der Waals surface area contributed by atoms with Crippen molar-refractivity contribution in [1.29, 1.82) is 0 Å². The Kier molecular flexibility index (Phi) is 6.18. The molecule has 0 heterocycles. The summed E-state index contributed by atoms with van der Waals surface area (Å²) in [5.41, 5.74) is 0.540. The van der Waals surface area contributed by atoms with Crippen molar-refractivity contribution in [2.24, 2.45) is 5.92 Å². The number of carbonyl (C=O) groups excluding carboxylic acids is 1. The summed E-state index contributed by atoms with van der Waals surface area (Å²) >= 11 is 12.0. The molecule has 1 saturated carbocycles. The first-order chi connectivity index (χ1) is 10.7. The van der Waals surface area contributed by atoms with E-state index < -0.39 is 5.60 Å². The molecule has 0 aliphatic heterocycles. The second-order valence-corrected chi connectivity index (χ2v) is 7.87. The van der Waals surface area contributed by atoms with Crippen molar-refractivity contribution in [3.63, 3.8) is 0 Å². The molecule has 1 unspecified atom stereocenters. The maximum atomic E-state index is 11.9. The van der Waals surface area contributed by atoms with Crippen LogP contribution in [0.3, 0.4) is 0 Å². The minimum absolute atomic E-state index is 0.0829. The Morgan fingerprint density at radius 2 is 1.87 bits per heavy atom. The van der Waals surface area contributed by atoms with Crippen molar-refractivity contribution < 1.29 is 9.53 Å². The van der Waals surface area contributed by atoms with Crippen LogP contribution in [0.2, 0.25) is 10.0 Å². The number of hydrogen-bond acceptors (Lipinski definition) is 3. The van der Waals surface area contributed by atoms with Crippen molar-refractivity contribution in [2.75, 3.05) is 6.54 Å². The van der Waals surface area contributed by atoms with Gasteiger partial charge in [0.15, 0.2) is 0 Å². The fourth-order valence-electron chi connectivity index (χ4n) is 2.38. The van der Waals surface area contributed by atoms with E-state index in [0.717, 1.165) is 18.4 Å². The smallest absolute Gasteiger partial charge is 0.407 e. The molecule has 0 radical (unpaired) electrons. The highest BCUT2D eigenvalue weighted by molar-refractivity contribution is 6.34. The van der Waals surface area contributed by atoms with Crippen LogP contribution in [0.5, 0.6) is 0 Å². The van der Waals surface area contributed by atoms with Crippen LogP contribution in [0.15, 0.2) is 18.2 Å². The van der Waals surface area contributed by atoms with Gasteiger partial charge in [0.05, 0.1) is 0 Å². The maximum Gasteiger partial charge on any atom is 0.407 e. The standard InChI is InChI=1S/C17H24Cl2N2O2/c1-17(2,3)23-16(22)21-15(12-4-5-12)10-20-9-11-6-13(18)8-14(19)7-11/h6-8,12,15,20H,4-5,9-10H2,1-3H3,(H,21,22). The largest absolute Gasteiger partial charge is 0.444 e. The number of alkyl carbamates (subject to hydrolysis) is 1. The molecule has 2 N–H and O–H groups in total. The fraction of sp³-hybridized carbons (Fsp3) is 0.588. The minimum Gasteiger partial charge on any atom is -0.444 e. The molecule has 1 aromatic carbocycles. The molecular weight excluding hydrogens is 335 g/mol. The quantitative estimate of drug-likeness (QED) is 0.792. The predicted octanol–water partition coefficient (Wildman–Crippen LogP) is 4.39. The lowest BCUT2D eigenvalue weighted by molar-refractivity contribution is 0.0497. The molecule has 6 heteroatoms. The summed E-state index contributed by atoms with van der Waals surface area (Å²) in [4.78, 5) is 11.9. The van der Waals surface area contributed by atoms with E-state index in [9.17, 15) is 4.79 Å². The van der Waals surface area contributed by atoms with Gasteiger partial charge in [0.2, 0.25) is 0 Å². The first-order valence-corrected chi connectivity index (χ1v) is 8.64. The van der Waals surface area contributed by atoms with Crippen LogP contribution in [0.25, 0.3) is 0 Å². The van der Waals surface area contributed by atoms with Gasteiger partial charge in [-0.05, 0) is 63.3 Å².